The van der Waals surface area contributed by atoms with Gasteiger partial charge >= 0.3 is 0 Å². The predicted octanol–water partition coefficient (Wildman–Crippen LogP) is 4.88. The Labute approximate surface area is 183 Å². The van der Waals surface area contributed by atoms with Crippen molar-refractivity contribution in [2.24, 2.45) is 5.92 Å². The van der Waals surface area contributed by atoms with Gasteiger partial charge in [0.05, 0.1) is 12.8 Å². The van der Waals surface area contributed by atoms with Crippen LogP contribution in [0.4, 0.5) is 14.5 Å². The van der Waals surface area contributed by atoms with E-state index in [1.165, 1.54) is 6.07 Å². The Kier molecular flexibility index (Phi) is 8.98. The molecule has 0 spiro atoms. The number of hydrogen-bond acceptors (Lipinski definition) is 3. The van der Waals surface area contributed by atoms with E-state index in [0.29, 0.717) is 27.9 Å². The molecule has 1 N–H and O–H groups in total. The monoisotopic (exact) mass is 452 g/mol. The maximum Gasteiger partial charge on any atom is 0.251 e. The number of carbonyl (C=O) groups excluding carboxylic acids is 1. The van der Waals surface area contributed by atoms with Gasteiger partial charge in [-0.05, 0) is 42.2 Å². The second-order valence-corrected chi connectivity index (χ2v) is 9.57. The standard InChI is InChI=1S/C23H30F2N2O3S/c1-4-6-8-17(5-2)15-26-23(28)19-13-11-18(12-14-19)16-27(31(3,29)30)22-20(24)9-7-10-21(22)25/h7,9-14,17H,4-6,8,15-16H2,1-3H3,(H,26,28)/t17-/m0/s1. The summed E-state index contributed by atoms with van der Waals surface area (Å²) >= 11 is 0. The molecule has 0 unspecified atom stereocenters. The first kappa shape index (κ1) is 24.8. The van der Waals surface area contributed by atoms with Crippen molar-refractivity contribution >= 4 is 21.6 Å². The van der Waals surface area contributed by atoms with E-state index >= 15 is 0 Å². The largest absolute Gasteiger partial charge is 0.352 e. The van der Waals surface area contributed by atoms with E-state index in [2.05, 4.69) is 19.2 Å². The Morgan fingerprint density at radius 3 is 2.19 bits per heavy atom. The van der Waals surface area contributed by atoms with E-state index < -0.39 is 27.3 Å². The number of benzene rings is 2. The summed E-state index contributed by atoms with van der Waals surface area (Å²) in [6.07, 6.45) is 5.20. The van der Waals surface area contributed by atoms with Crippen LogP contribution in [-0.4, -0.2) is 27.1 Å². The molecule has 5 nitrogen and oxygen atoms in total. The van der Waals surface area contributed by atoms with E-state index in [1.54, 1.807) is 24.3 Å². The van der Waals surface area contributed by atoms with Crippen LogP contribution in [0.3, 0.4) is 0 Å². The highest BCUT2D eigenvalue weighted by molar-refractivity contribution is 7.92. The van der Waals surface area contributed by atoms with Crippen molar-refractivity contribution in [3.8, 4) is 0 Å². The second kappa shape index (κ2) is 11.2. The highest BCUT2D eigenvalue weighted by Gasteiger charge is 2.24. The lowest BCUT2D eigenvalue weighted by Crippen LogP contribution is -2.31. The molecule has 2 aromatic carbocycles. The van der Waals surface area contributed by atoms with Gasteiger partial charge in [-0.15, -0.1) is 0 Å². The van der Waals surface area contributed by atoms with E-state index in [9.17, 15) is 22.0 Å². The second-order valence-electron chi connectivity index (χ2n) is 7.66. The third kappa shape index (κ3) is 7.02. The highest BCUT2D eigenvalue weighted by atomic mass is 32.2. The number of para-hydroxylation sites is 1. The molecule has 0 radical (unpaired) electrons. The molecular weight excluding hydrogens is 422 g/mol. The third-order valence-electron chi connectivity index (χ3n) is 5.22. The lowest BCUT2D eigenvalue weighted by Gasteiger charge is -2.23. The minimum atomic E-state index is -3.94. The van der Waals surface area contributed by atoms with E-state index in [1.807, 2.05) is 0 Å². The number of rotatable bonds is 11. The number of amides is 1. The third-order valence-corrected chi connectivity index (χ3v) is 6.34. The van der Waals surface area contributed by atoms with Gasteiger partial charge in [0.15, 0.2) is 11.6 Å². The summed E-state index contributed by atoms with van der Waals surface area (Å²) in [5.41, 5.74) is 0.320. The number of unbranched alkanes of at least 4 members (excludes halogenated alkanes) is 1. The van der Waals surface area contributed by atoms with Crippen LogP contribution in [0.2, 0.25) is 0 Å². The van der Waals surface area contributed by atoms with Crippen molar-refractivity contribution in [2.45, 2.75) is 46.1 Å². The first-order chi connectivity index (χ1) is 14.7. The number of sulfonamides is 1. The molecule has 0 bridgehead atoms. The van der Waals surface area contributed by atoms with Crippen molar-refractivity contribution in [1.82, 2.24) is 5.32 Å². The van der Waals surface area contributed by atoms with Gasteiger partial charge in [-0.1, -0.05) is 51.3 Å². The van der Waals surface area contributed by atoms with Crippen molar-refractivity contribution in [1.29, 1.82) is 0 Å². The van der Waals surface area contributed by atoms with Crippen LogP contribution in [0.15, 0.2) is 42.5 Å². The van der Waals surface area contributed by atoms with Crippen LogP contribution in [-0.2, 0) is 16.6 Å². The van der Waals surface area contributed by atoms with Gasteiger partial charge in [-0.2, -0.15) is 0 Å². The van der Waals surface area contributed by atoms with Crippen LogP contribution in [0.5, 0.6) is 0 Å². The van der Waals surface area contributed by atoms with Crippen molar-refractivity contribution in [3.63, 3.8) is 0 Å². The van der Waals surface area contributed by atoms with Gasteiger partial charge < -0.3 is 5.32 Å². The van der Waals surface area contributed by atoms with Gasteiger partial charge in [-0.25, -0.2) is 17.2 Å². The number of anilines is 1. The molecule has 0 aliphatic heterocycles. The zero-order valence-corrected chi connectivity index (χ0v) is 19.0. The summed E-state index contributed by atoms with van der Waals surface area (Å²) in [6.45, 7) is 4.59. The SMILES string of the molecule is CCCC[C@H](CC)CNC(=O)c1ccc(CN(c2c(F)cccc2F)S(C)(=O)=O)cc1. The van der Waals surface area contributed by atoms with Crippen LogP contribution >= 0.6 is 0 Å². The van der Waals surface area contributed by atoms with Gasteiger partial charge in [0, 0.05) is 12.1 Å². The van der Waals surface area contributed by atoms with Crippen molar-refractivity contribution in [3.05, 3.63) is 65.2 Å². The van der Waals surface area contributed by atoms with Crippen molar-refractivity contribution in [2.75, 3.05) is 17.1 Å². The van der Waals surface area contributed by atoms with Crippen LogP contribution in [0.25, 0.3) is 0 Å². The molecule has 2 rings (SSSR count). The normalized spacial score (nSPS) is 12.4. The van der Waals surface area contributed by atoms with E-state index in [0.717, 1.165) is 44.1 Å². The lowest BCUT2D eigenvalue weighted by atomic mass is 9.99. The molecule has 1 atom stereocenters. The minimum Gasteiger partial charge on any atom is -0.352 e. The fraction of sp³-hybridized carbons (Fsp3) is 0.435. The van der Waals surface area contributed by atoms with Gasteiger partial charge in [0.2, 0.25) is 10.0 Å². The smallest absolute Gasteiger partial charge is 0.251 e. The Hall–Kier alpha value is -2.48. The Bertz CT molecular complexity index is 959. The first-order valence-electron chi connectivity index (χ1n) is 10.5. The molecule has 0 saturated heterocycles. The Morgan fingerprint density at radius 2 is 1.68 bits per heavy atom. The molecule has 2 aromatic rings. The molecule has 8 heteroatoms. The zero-order chi connectivity index (χ0) is 23.0. The summed E-state index contributed by atoms with van der Waals surface area (Å²) < 4.78 is 53.4. The molecule has 0 aliphatic carbocycles. The molecule has 31 heavy (non-hydrogen) atoms. The number of halogens is 2. The Balaban J connectivity index is 2.12. The quantitative estimate of drug-likeness (QED) is 0.529. The van der Waals surface area contributed by atoms with E-state index in [4.69, 9.17) is 0 Å². The number of nitrogens with zero attached hydrogens (tertiary/aromatic N) is 1. The molecule has 0 fully saturated rings. The molecule has 0 heterocycles. The predicted molar refractivity (Wildman–Crippen MR) is 119 cm³/mol. The molecule has 0 aliphatic rings. The van der Waals surface area contributed by atoms with Crippen LogP contribution < -0.4 is 9.62 Å². The highest BCUT2D eigenvalue weighted by Crippen LogP contribution is 2.27. The average molecular weight is 453 g/mol. The number of nitrogens with one attached hydrogen (secondary N) is 1. The molecule has 0 saturated carbocycles. The summed E-state index contributed by atoms with van der Waals surface area (Å²) in [4.78, 5) is 12.4. The van der Waals surface area contributed by atoms with Crippen LogP contribution in [0, 0.1) is 17.6 Å². The number of hydrogen-bond donors (Lipinski definition) is 1. The molecule has 0 aromatic heterocycles. The molecule has 1 amide bonds. The van der Waals surface area contributed by atoms with Gasteiger partial charge in [0.25, 0.3) is 5.91 Å². The van der Waals surface area contributed by atoms with Gasteiger partial charge in [0.1, 0.15) is 5.69 Å². The summed E-state index contributed by atoms with van der Waals surface area (Å²) in [5, 5.41) is 2.94. The topological polar surface area (TPSA) is 66.5 Å². The zero-order valence-electron chi connectivity index (χ0n) is 18.2. The van der Waals surface area contributed by atoms with Gasteiger partial charge in [-0.3, -0.25) is 9.10 Å². The summed E-state index contributed by atoms with van der Waals surface area (Å²) in [7, 11) is -3.94. The Morgan fingerprint density at radius 1 is 1.06 bits per heavy atom. The minimum absolute atomic E-state index is 0.207. The summed E-state index contributed by atoms with van der Waals surface area (Å²) in [6, 6.07) is 9.52. The molecular formula is C23H30F2N2O3S. The fourth-order valence-corrected chi connectivity index (χ4v) is 4.19. The van der Waals surface area contributed by atoms with Crippen molar-refractivity contribution < 1.29 is 22.0 Å². The maximum atomic E-state index is 14.2. The maximum absolute atomic E-state index is 14.2. The number of carbonyl (C=O) groups is 1. The fourth-order valence-electron chi connectivity index (χ4n) is 3.30. The summed E-state index contributed by atoms with van der Waals surface area (Å²) in [5.74, 6) is -1.70. The van der Waals surface area contributed by atoms with E-state index in [-0.39, 0.29) is 12.5 Å². The average Bonchev–Trinajstić information content (AvgIpc) is 2.72. The first-order valence-corrected chi connectivity index (χ1v) is 12.3. The molecule has 170 valence electrons. The lowest BCUT2D eigenvalue weighted by molar-refractivity contribution is 0.0946. The van der Waals surface area contributed by atoms with Crippen LogP contribution in [0.1, 0.15) is 55.5 Å².